The van der Waals surface area contributed by atoms with Crippen LogP contribution >= 0.6 is 0 Å². The van der Waals surface area contributed by atoms with Gasteiger partial charge in [-0.2, -0.15) is 0 Å². The van der Waals surface area contributed by atoms with Crippen molar-refractivity contribution in [1.82, 2.24) is 0 Å². The van der Waals surface area contributed by atoms with Gasteiger partial charge in [-0.05, 0) is 40.5 Å². The summed E-state index contributed by atoms with van der Waals surface area (Å²) in [6.45, 7) is 10.4. The summed E-state index contributed by atoms with van der Waals surface area (Å²) >= 11 is 0. The third-order valence-corrected chi connectivity index (χ3v) is 3.81. The van der Waals surface area contributed by atoms with Crippen LogP contribution in [0.5, 0.6) is 0 Å². The second kappa shape index (κ2) is 5.25. The van der Waals surface area contributed by atoms with Crippen LogP contribution in [0.15, 0.2) is 0 Å². The van der Waals surface area contributed by atoms with Gasteiger partial charge < -0.3 is 14.6 Å². The second-order valence-electron chi connectivity index (χ2n) is 6.33. The lowest BCUT2D eigenvalue weighted by Crippen LogP contribution is -2.43. The molecule has 3 nitrogen and oxygen atoms in total. The van der Waals surface area contributed by atoms with Crippen molar-refractivity contribution in [3.63, 3.8) is 0 Å². The highest BCUT2D eigenvalue weighted by Gasteiger charge is 2.50. The molecule has 3 atom stereocenters. The smallest absolute Gasteiger partial charge is 0.0858 e. The highest BCUT2D eigenvalue weighted by molar-refractivity contribution is 4.99. The standard InChI is InChI=1S/C14H28O3/c1-7-8-11(16-6)12(15)10-9-13(2,3)17-14(10,4)5/h10-12,15H,7-9H2,1-6H3. The molecule has 1 rings (SSSR count). The van der Waals surface area contributed by atoms with Crippen molar-refractivity contribution < 1.29 is 14.6 Å². The van der Waals surface area contributed by atoms with Crippen LogP contribution in [0.25, 0.3) is 0 Å². The minimum Gasteiger partial charge on any atom is -0.390 e. The van der Waals surface area contributed by atoms with Crippen LogP contribution in [0.1, 0.15) is 53.9 Å². The van der Waals surface area contributed by atoms with Gasteiger partial charge in [0.05, 0.1) is 23.4 Å². The Labute approximate surface area is 105 Å². The fourth-order valence-corrected chi connectivity index (χ4v) is 3.11. The fraction of sp³-hybridized carbons (Fsp3) is 1.00. The SMILES string of the molecule is CCCC(OC)C(O)C1CC(C)(C)OC1(C)C. The molecule has 0 saturated carbocycles. The van der Waals surface area contributed by atoms with E-state index in [9.17, 15) is 5.11 Å². The largest absolute Gasteiger partial charge is 0.390 e. The van der Waals surface area contributed by atoms with Gasteiger partial charge in [0.15, 0.2) is 0 Å². The van der Waals surface area contributed by atoms with E-state index in [0.717, 1.165) is 19.3 Å². The first-order valence-corrected chi connectivity index (χ1v) is 6.64. The Morgan fingerprint density at radius 3 is 2.29 bits per heavy atom. The van der Waals surface area contributed by atoms with Crippen molar-refractivity contribution in [2.24, 2.45) is 5.92 Å². The molecule has 0 aliphatic carbocycles. The molecule has 1 heterocycles. The summed E-state index contributed by atoms with van der Waals surface area (Å²) in [5.74, 6) is 0.133. The monoisotopic (exact) mass is 244 g/mol. The zero-order valence-corrected chi connectivity index (χ0v) is 12.1. The van der Waals surface area contributed by atoms with Gasteiger partial charge in [0.25, 0.3) is 0 Å². The van der Waals surface area contributed by atoms with Gasteiger partial charge in [-0.15, -0.1) is 0 Å². The van der Waals surface area contributed by atoms with Gasteiger partial charge >= 0.3 is 0 Å². The lowest BCUT2D eigenvalue weighted by atomic mass is 9.80. The van der Waals surface area contributed by atoms with Gasteiger partial charge in [0, 0.05) is 13.0 Å². The van der Waals surface area contributed by atoms with Gasteiger partial charge in [-0.25, -0.2) is 0 Å². The number of hydrogen-bond acceptors (Lipinski definition) is 3. The van der Waals surface area contributed by atoms with Gasteiger partial charge in [-0.3, -0.25) is 0 Å². The third kappa shape index (κ3) is 3.43. The fourth-order valence-electron chi connectivity index (χ4n) is 3.11. The van der Waals surface area contributed by atoms with Gasteiger partial charge in [0.1, 0.15) is 0 Å². The molecule has 3 heteroatoms. The maximum atomic E-state index is 10.5. The van der Waals surface area contributed by atoms with Crippen molar-refractivity contribution >= 4 is 0 Å². The summed E-state index contributed by atoms with van der Waals surface area (Å²) in [4.78, 5) is 0. The zero-order valence-electron chi connectivity index (χ0n) is 12.1. The van der Waals surface area contributed by atoms with Crippen molar-refractivity contribution in [3.8, 4) is 0 Å². The number of methoxy groups -OCH3 is 1. The van der Waals surface area contributed by atoms with E-state index in [1.165, 1.54) is 0 Å². The highest BCUT2D eigenvalue weighted by Crippen LogP contribution is 2.44. The molecule has 0 aromatic carbocycles. The van der Waals surface area contributed by atoms with Gasteiger partial charge in [-0.1, -0.05) is 13.3 Å². The lowest BCUT2D eigenvalue weighted by molar-refractivity contribution is -0.109. The molecule has 1 fully saturated rings. The lowest BCUT2D eigenvalue weighted by Gasteiger charge is -2.33. The first kappa shape index (κ1) is 14.9. The average molecular weight is 244 g/mol. The molecule has 0 aromatic rings. The van der Waals surface area contributed by atoms with Crippen LogP contribution in [-0.4, -0.2) is 35.6 Å². The molecule has 1 saturated heterocycles. The first-order chi connectivity index (χ1) is 7.73. The molecule has 17 heavy (non-hydrogen) atoms. The number of aliphatic hydroxyl groups is 1. The molecule has 1 aliphatic heterocycles. The molecule has 0 bridgehead atoms. The van der Waals surface area contributed by atoms with E-state index in [1.807, 2.05) is 0 Å². The van der Waals surface area contributed by atoms with Crippen LogP contribution in [0.4, 0.5) is 0 Å². The van der Waals surface area contributed by atoms with E-state index in [1.54, 1.807) is 7.11 Å². The quantitative estimate of drug-likeness (QED) is 0.808. The summed E-state index contributed by atoms with van der Waals surface area (Å²) in [6.07, 6.45) is 2.26. The first-order valence-electron chi connectivity index (χ1n) is 6.64. The Hall–Kier alpha value is -0.120. The van der Waals surface area contributed by atoms with Crippen molar-refractivity contribution in [2.75, 3.05) is 7.11 Å². The highest BCUT2D eigenvalue weighted by atomic mass is 16.5. The Morgan fingerprint density at radius 1 is 1.35 bits per heavy atom. The molecule has 3 unspecified atom stereocenters. The number of aliphatic hydroxyl groups excluding tert-OH is 1. The van der Waals surface area contributed by atoms with Crippen molar-refractivity contribution in [3.05, 3.63) is 0 Å². The molecular weight excluding hydrogens is 216 g/mol. The van der Waals surface area contributed by atoms with Crippen molar-refractivity contribution in [1.29, 1.82) is 0 Å². The second-order valence-corrected chi connectivity index (χ2v) is 6.33. The Kier molecular flexibility index (Phi) is 4.61. The summed E-state index contributed by atoms with van der Waals surface area (Å²) in [7, 11) is 1.68. The minimum atomic E-state index is -0.447. The molecule has 0 amide bonds. The van der Waals surface area contributed by atoms with E-state index in [4.69, 9.17) is 9.47 Å². The van der Waals surface area contributed by atoms with Crippen LogP contribution in [-0.2, 0) is 9.47 Å². The molecule has 0 radical (unpaired) electrons. The number of hydrogen-bond donors (Lipinski definition) is 1. The topological polar surface area (TPSA) is 38.7 Å². The van der Waals surface area contributed by atoms with Crippen LogP contribution in [0.2, 0.25) is 0 Å². The summed E-state index contributed by atoms with van der Waals surface area (Å²) in [6, 6.07) is 0. The normalized spacial score (nSPS) is 30.2. The number of ether oxygens (including phenoxy) is 2. The average Bonchev–Trinajstić information content (AvgIpc) is 2.42. The van der Waals surface area contributed by atoms with Gasteiger partial charge in [0.2, 0.25) is 0 Å². The van der Waals surface area contributed by atoms with E-state index in [-0.39, 0.29) is 23.2 Å². The summed E-state index contributed by atoms with van der Waals surface area (Å²) in [5, 5.41) is 10.5. The van der Waals surface area contributed by atoms with Crippen LogP contribution in [0.3, 0.4) is 0 Å². The van der Waals surface area contributed by atoms with E-state index >= 15 is 0 Å². The van der Waals surface area contributed by atoms with E-state index < -0.39 is 6.10 Å². The summed E-state index contributed by atoms with van der Waals surface area (Å²) in [5.41, 5.74) is -0.437. The molecule has 1 N–H and O–H groups in total. The molecule has 0 spiro atoms. The third-order valence-electron chi connectivity index (χ3n) is 3.81. The minimum absolute atomic E-state index is 0.0817. The van der Waals surface area contributed by atoms with Crippen LogP contribution in [0, 0.1) is 5.92 Å². The van der Waals surface area contributed by atoms with E-state index in [0.29, 0.717) is 0 Å². The molecule has 102 valence electrons. The number of rotatable bonds is 5. The Morgan fingerprint density at radius 2 is 1.94 bits per heavy atom. The predicted molar refractivity (Wildman–Crippen MR) is 69.1 cm³/mol. The Bertz CT molecular complexity index is 248. The molecule has 1 aliphatic rings. The Balaban J connectivity index is 2.77. The molecule has 0 aromatic heterocycles. The predicted octanol–water partition coefficient (Wildman–Crippen LogP) is 2.76. The van der Waals surface area contributed by atoms with Crippen LogP contribution < -0.4 is 0 Å². The maximum Gasteiger partial charge on any atom is 0.0858 e. The molecular formula is C14H28O3. The summed E-state index contributed by atoms with van der Waals surface area (Å²) < 4.78 is 11.4. The zero-order chi connectivity index (χ0) is 13.3. The van der Waals surface area contributed by atoms with E-state index in [2.05, 4.69) is 34.6 Å². The maximum absolute atomic E-state index is 10.5. The van der Waals surface area contributed by atoms with Crippen molar-refractivity contribution in [2.45, 2.75) is 77.3 Å².